The predicted octanol–water partition coefficient (Wildman–Crippen LogP) is 3.51. The Morgan fingerprint density at radius 2 is 1.57 bits per heavy atom. The third-order valence-corrected chi connectivity index (χ3v) is 3.93. The maximum absolute atomic E-state index is 9.60. The van der Waals surface area contributed by atoms with E-state index in [1.54, 1.807) is 0 Å². The van der Waals surface area contributed by atoms with Crippen LogP contribution in [0.2, 0.25) is 0 Å². The normalized spacial score (nSPS) is 13.8. The van der Waals surface area contributed by atoms with E-state index in [-0.39, 0.29) is 12.1 Å². The SMILES string of the molecule is CCCNC(CCO)(Cc1ccccc1)c1ccccc1. The summed E-state index contributed by atoms with van der Waals surface area (Å²) in [4.78, 5) is 0. The van der Waals surface area contributed by atoms with E-state index in [0.717, 1.165) is 19.4 Å². The van der Waals surface area contributed by atoms with Crippen LogP contribution in [0.15, 0.2) is 60.7 Å². The molecule has 0 saturated heterocycles. The summed E-state index contributed by atoms with van der Waals surface area (Å²) in [5, 5.41) is 13.3. The Hall–Kier alpha value is -1.64. The van der Waals surface area contributed by atoms with E-state index in [1.165, 1.54) is 11.1 Å². The molecule has 0 aliphatic rings. The van der Waals surface area contributed by atoms with Gasteiger partial charge in [-0.15, -0.1) is 0 Å². The number of aliphatic hydroxyl groups excluding tert-OH is 1. The molecule has 0 bridgehead atoms. The smallest absolute Gasteiger partial charge is 0.0497 e. The van der Waals surface area contributed by atoms with Crippen LogP contribution in [0.4, 0.5) is 0 Å². The zero-order chi connectivity index (χ0) is 15.0. The highest BCUT2D eigenvalue weighted by molar-refractivity contribution is 5.29. The van der Waals surface area contributed by atoms with Crippen molar-refractivity contribution in [3.63, 3.8) is 0 Å². The average Bonchev–Trinajstić information content (AvgIpc) is 2.55. The minimum absolute atomic E-state index is 0.179. The molecule has 112 valence electrons. The van der Waals surface area contributed by atoms with Crippen molar-refractivity contribution >= 4 is 0 Å². The first kappa shape index (κ1) is 15.7. The second kappa shape index (κ2) is 7.96. The molecule has 2 heteroatoms. The monoisotopic (exact) mass is 283 g/mol. The van der Waals surface area contributed by atoms with Gasteiger partial charge in [0.05, 0.1) is 0 Å². The molecule has 0 radical (unpaired) electrons. The lowest BCUT2D eigenvalue weighted by Gasteiger charge is -2.36. The first-order chi connectivity index (χ1) is 10.3. The summed E-state index contributed by atoms with van der Waals surface area (Å²) in [6.07, 6.45) is 2.68. The van der Waals surface area contributed by atoms with E-state index in [4.69, 9.17) is 0 Å². The van der Waals surface area contributed by atoms with Crippen LogP contribution < -0.4 is 5.32 Å². The minimum Gasteiger partial charge on any atom is -0.396 e. The maximum atomic E-state index is 9.60. The fourth-order valence-electron chi connectivity index (χ4n) is 2.84. The molecule has 21 heavy (non-hydrogen) atoms. The molecule has 0 fully saturated rings. The van der Waals surface area contributed by atoms with Gasteiger partial charge in [0, 0.05) is 12.1 Å². The van der Waals surface area contributed by atoms with E-state index >= 15 is 0 Å². The van der Waals surface area contributed by atoms with E-state index in [0.29, 0.717) is 6.42 Å². The van der Waals surface area contributed by atoms with Gasteiger partial charge in [0.1, 0.15) is 0 Å². The van der Waals surface area contributed by atoms with Crippen molar-refractivity contribution in [3.05, 3.63) is 71.8 Å². The van der Waals surface area contributed by atoms with Gasteiger partial charge in [-0.3, -0.25) is 0 Å². The summed E-state index contributed by atoms with van der Waals surface area (Å²) >= 11 is 0. The van der Waals surface area contributed by atoms with Gasteiger partial charge in [0.25, 0.3) is 0 Å². The summed E-state index contributed by atoms with van der Waals surface area (Å²) in [5.74, 6) is 0. The van der Waals surface area contributed by atoms with Crippen molar-refractivity contribution in [2.45, 2.75) is 31.7 Å². The second-order valence-corrected chi connectivity index (χ2v) is 5.51. The number of hydrogen-bond acceptors (Lipinski definition) is 2. The van der Waals surface area contributed by atoms with Gasteiger partial charge >= 0.3 is 0 Å². The van der Waals surface area contributed by atoms with E-state index in [1.807, 2.05) is 12.1 Å². The van der Waals surface area contributed by atoms with Gasteiger partial charge in [-0.2, -0.15) is 0 Å². The van der Waals surface area contributed by atoms with E-state index in [9.17, 15) is 5.11 Å². The lowest BCUT2D eigenvalue weighted by atomic mass is 9.81. The van der Waals surface area contributed by atoms with Crippen LogP contribution in [0.3, 0.4) is 0 Å². The van der Waals surface area contributed by atoms with E-state index < -0.39 is 0 Å². The molecule has 0 aliphatic carbocycles. The highest BCUT2D eigenvalue weighted by Crippen LogP contribution is 2.29. The fourth-order valence-corrected chi connectivity index (χ4v) is 2.84. The quantitative estimate of drug-likeness (QED) is 0.777. The lowest BCUT2D eigenvalue weighted by Crippen LogP contribution is -2.45. The average molecular weight is 283 g/mol. The largest absolute Gasteiger partial charge is 0.396 e. The van der Waals surface area contributed by atoms with Crippen LogP contribution in [0.25, 0.3) is 0 Å². The molecule has 0 aliphatic heterocycles. The summed E-state index contributed by atoms with van der Waals surface area (Å²) in [6.45, 7) is 3.30. The molecule has 1 unspecified atom stereocenters. The van der Waals surface area contributed by atoms with Crippen LogP contribution in [-0.4, -0.2) is 18.3 Å². The number of rotatable bonds is 8. The molecule has 2 aromatic carbocycles. The number of benzene rings is 2. The number of nitrogens with one attached hydrogen (secondary N) is 1. The molecule has 2 N–H and O–H groups in total. The van der Waals surface area contributed by atoms with E-state index in [2.05, 4.69) is 60.8 Å². The Morgan fingerprint density at radius 3 is 2.14 bits per heavy atom. The van der Waals surface area contributed by atoms with Crippen molar-refractivity contribution < 1.29 is 5.11 Å². The Balaban J connectivity index is 2.35. The fraction of sp³-hybridized carbons (Fsp3) is 0.368. The summed E-state index contributed by atoms with van der Waals surface area (Å²) in [5.41, 5.74) is 2.34. The molecule has 2 aromatic rings. The molecule has 2 nitrogen and oxygen atoms in total. The van der Waals surface area contributed by atoms with Gasteiger partial charge in [-0.1, -0.05) is 67.6 Å². The van der Waals surface area contributed by atoms with Gasteiger partial charge < -0.3 is 10.4 Å². The Morgan fingerprint density at radius 1 is 0.952 bits per heavy atom. The highest BCUT2D eigenvalue weighted by Gasteiger charge is 2.31. The Labute approximate surface area is 127 Å². The number of aliphatic hydroxyl groups is 1. The van der Waals surface area contributed by atoms with Crippen LogP contribution in [0.1, 0.15) is 30.9 Å². The Kier molecular flexibility index (Phi) is 5.97. The highest BCUT2D eigenvalue weighted by atomic mass is 16.3. The van der Waals surface area contributed by atoms with Gasteiger partial charge in [0.15, 0.2) is 0 Å². The van der Waals surface area contributed by atoms with Gasteiger partial charge in [-0.25, -0.2) is 0 Å². The molecule has 0 spiro atoms. The van der Waals surface area contributed by atoms with Crippen molar-refractivity contribution in [1.82, 2.24) is 5.32 Å². The van der Waals surface area contributed by atoms with Crippen molar-refractivity contribution in [3.8, 4) is 0 Å². The van der Waals surface area contributed by atoms with Crippen LogP contribution in [0, 0.1) is 0 Å². The van der Waals surface area contributed by atoms with Gasteiger partial charge in [0.2, 0.25) is 0 Å². The van der Waals surface area contributed by atoms with Crippen LogP contribution in [0.5, 0.6) is 0 Å². The Bertz CT molecular complexity index is 512. The first-order valence-corrected chi connectivity index (χ1v) is 7.76. The van der Waals surface area contributed by atoms with Crippen molar-refractivity contribution in [1.29, 1.82) is 0 Å². The molecule has 0 aromatic heterocycles. The summed E-state index contributed by atoms with van der Waals surface area (Å²) < 4.78 is 0. The second-order valence-electron chi connectivity index (χ2n) is 5.51. The first-order valence-electron chi connectivity index (χ1n) is 7.76. The standard InChI is InChI=1S/C19H25NO/c1-2-14-20-19(13-15-21,18-11-7-4-8-12-18)16-17-9-5-3-6-10-17/h3-12,20-21H,2,13-16H2,1H3. The maximum Gasteiger partial charge on any atom is 0.0497 e. The molecule has 0 saturated carbocycles. The third-order valence-electron chi connectivity index (χ3n) is 3.93. The topological polar surface area (TPSA) is 32.3 Å². The van der Waals surface area contributed by atoms with Crippen molar-refractivity contribution in [2.24, 2.45) is 0 Å². The number of hydrogen-bond donors (Lipinski definition) is 2. The van der Waals surface area contributed by atoms with Crippen LogP contribution in [-0.2, 0) is 12.0 Å². The predicted molar refractivity (Wildman–Crippen MR) is 88.3 cm³/mol. The molecule has 0 amide bonds. The summed E-state index contributed by atoms with van der Waals surface area (Å²) in [7, 11) is 0. The minimum atomic E-state index is -0.201. The third kappa shape index (κ3) is 4.16. The molecular weight excluding hydrogens is 258 g/mol. The molecule has 0 heterocycles. The van der Waals surface area contributed by atoms with Crippen molar-refractivity contribution in [2.75, 3.05) is 13.2 Å². The zero-order valence-electron chi connectivity index (χ0n) is 12.8. The lowest BCUT2D eigenvalue weighted by molar-refractivity contribution is 0.207. The zero-order valence-corrected chi connectivity index (χ0v) is 12.8. The summed E-state index contributed by atoms with van der Waals surface area (Å²) in [6, 6.07) is 21.0. The molecule has 2 rings (SSSR count). The molecule has 1 atom stereocenters. The molecular formula is C19H25NO. The van der Waals surface area contributed by atoms with Crippen LogP contribution >= 0.6 is 0 Å². The van der Waals surface area contributed by atoms with Gasteiger partial charge in [-0.05, 0) is 36.9 Å².